The van der Waals surface area contributed by atoms with Crippen molar-refractivity contribution in [1.29, 1.82) is 0 Å². The second-order valence-electron chi connectivity index (χ2n) is 5.78. The standard InChI is InChI=1S/C14H28N2O/c1-12-7-9-16(11-14(12)17-2)10-8-15-13-5-3-4-6-13/h12-15H,3-11H2,1-2H3. The van der Waals surface area contributed by atoms with Gasteiger partial charge in [-0.25, -0.2) is 0 Å². The van der Waals surface area contributed by atoms with Crippen molar-refractivity contribution in [2.75, 3.05) is 33.3 Å². The van der Waals surface area contributed by atoms with Crippen LogP contribution in [-0.2, 0) is 4.74 Å². The maximum absolute atomic E-state index is 5.55. The van der Waals surface area contributed by atoms with Crippen molar-refractivity contribution in [3.8, 4) is 0 Å². The van der Waals surface area contributed by atoms with Crippen LogP contribution in [0.4, 0.5) is 0 Å². The Balaban J connectivity index is 1.62. The highest BCUT2D eigenvalue weighted by atomic mass is 16.5. The minimum Gasteiger partial charge on any atom is -0.380 e. The normalized spacial score (nSPS) is 32.1. The Morgan fingerprint density at radius 1 is 1.24 bits per heavy atom. The number of nitrogens with zero attached hydrogens (tertiary/aromatic N) is 1. The molecular formula is C14H28N2O. The smallest absolute Gasteiger partial charge is 0.0724 e. The molecule has 2 rings (SSSR count). The Labute approximate surface area is 106 Å². The zero-order chi connectivity index (χ0) is 12.1. The quantitative estimate of drug-likeness (QED) is 0.794. The van der Waals surface area contributed by atoms with Crippen LogP contribution in [0.3, 0.4) is 0 Å². The number of likely N-dealkylation sites (tertiary alicyclic amines) is 1. The van der Waals surface area contributed by atoms with Gasteiger partial charge in [0, 0.05) is 32.8 Å². The fraction of sp³-hybridized carbons (Fsp3) is 1.00. The van der Waals surface area contributed by atoms with Crippen molar-refractivity contribution in [1.82, 2.24) is 10.2 Å². The molecule has 2 aliphatic rings. The van der Waals surface area contributed by atoms with E-state index in [0.717, 1.165) is 25.0 Å². The zero-order valence-corrected chi connectivity index (χ0v) is 11.5. The van der Waals surface area contributed by atoms with Gasteiger partial charge in [0.25, 0.3) is 0 Å². The summed E-state index contributed by atoms with van der Waals surface area (Å²) in [6.07, 6.45) is 7.34. The van der Waals surface area contributed by atoms with E-state index in [0.29, 0.717) is 6.10 Å². The summed E-state index contributed by atoms with van der Waals surface area (Å²) in [4.78, 5) is 2.55. The van der Waals surface area contributed by atoms with Crippen molar-refractivity contribution < 1.29 is 4.74 Å². The van der Waals surface area contributed by atoms with Crippen molar-refractivity contribution in [3.05, 3.63) is 0 Å². The minimum atomic E-state index is 0.440. The Hall–Kier alpha value is -0.120. The van der Waals surface area contributed by atoms with Crippen LogP contribution in [0.15, 0.2) is 0 Å². The predicted molar refractivity (Wildman–Crippen MR) is 71.3 cm³/mol. The van der Waals surface area contributed by atoms with Crippen LogP contribution in [0, 0.1) is 5.92 Å². The molecule has 17 heavy (non-hydrogen) atoms. The highest BCUT2D eigenvalue weighted by molar-refractivity contribution is 4.80. The van der Waals surface area contributed by atoms with Crippen LogP contribution in [-0.4, -0.2) is 50.3 Å². The number of hydrogen-bond donors (Lipinski definition) is 1. The number of methoxy groups -OCH3 is 1. The molecular weight excluding hydrogens is 212 g/mol. The molecule has 2 unspecified atom stereocenters. The van der Waals surface area contributed by atoms with E-state index in [-0.39, 0.29) is 0 Å². The molecule has 1 heterocycles. The van der Waals surface area contributed by atoms with E-state index in [9.17, 15) is 0 Å². The summed E-state index contributed by atoms with van der Waals surface area (Å²) in [7, 11) is 1.85. The molecule has 2 atom stereocenters. The van der Waals surface area contributed by atoms with Gasteiger partial charge in [-0.3, -0.25) is 4.90 Å². The molecule has 1 aliphatic heterocycles. The maximum atomic E-state index is 5.55. The largest absolute Gasteiger partial charge is 0.380 e. The Morgan fingerprint density at radius 2 is 2.00 bits per heavy atom. The van der Waals surface area contributed by atoms with Gasteiger partial charge in [-0.2, -0.15) is 0 Å². The van der Waals surface area contributed by atoms with Gasteiger partial charge in [0.1, 0.15) is 0 Å². The van der Waals surface area contributed by atoms with Gasteiger partial charge in [0.05, 0.1) is 6.10 Å². The van der Waals surface area contributed by atoms with Gasteiger partial charge in [-0.05, 0) is 31.7 Å². The topological polar surface area (TPSA) is 24.5 Å². The van der Waals surface area contributed by atoms with Crippen LogP contribution in [0.5, 0.6) is 0 Å². The van der Waals surface area contributed by atoms with Crippen molar-refractivity contribution >= 4 is 0 Å². The molecule has 1 saturated carbocycles. The molecule has 3 heteroatoms. The first-order chi connectivity index (χ1) is 8.29. The molecule has 100 valence electrons. The average Bonchev–Trinajstić information content (AvgIpc) is 2.84. The minimum absolute atomic E-state index is 0.440. The highest BCUT2D eigenvalue weighted by Gasteiger charge is 2.25. The molecule has 1 saturated heterocycles. The lowest BCUT2D eigenvalue weighted by molar-refractivity contribution is -0.00456. The average molecular weight is 240 g/mol. The summed E-state index contributed by atoms with van der Waals surface area (Å²) in [5.74, 6) is 0.721. The summed E-state index contributed by atoms with van der Waals surface area (Å²) < 4.78 is 5.55. The van der Waals surface area contributed by atoms with Crippen LogP contribution in [0.1, 0.15) is 39.0 Å². The fourth-order valence-electron chi connectivity index (χ4n) is 3.16. The third-order valence-electron chi connectivity index (χ3n) is 4.49. The first-order valence-electron chi connectivity index (χ1n) is 7.28. The number of nitrogens with one attached hydrogen (secondary N) is 1. The highest BCUT2D eigenvalue weighted by Crippen LogP contribution is 2.19. The van der Waals surface area contributed by atoms with Crippen LogP contribution in [0.25, 0.3) is 0 Å². The number of ether oxygens (including phenoxy) is 1. The molecule has 0 radical (unpaired) electrons. The first kappa shape index (κ1) is 13.3. The van der Waals surface area contributed by atoms with Crippen molar-refractivity contribution in [3.63, 3.8) is 0 Å². The van der Waals surface area contributed by atoms with Crippen LogP contribution >= 0.6 is 0 Å². The molecule has 0 amide bonds. The summed E-state index contributed by atoms with van der Waals surface area (Å²) in [6, 6.07) is 0.803. The molecule has 0 spiro atoms. The number of rotatable bonds is 5. The van der Waals surface area contributed by atoms with Gasteiger partial charge >= 0.3 is 0 Å². The second kappa shape index (κ2) is 6.72. The van der Waals surface area contributed by atoms with Crippen LogP contribution in [0.2, 0.25) is 0 Å². The maximum Gasteiger partial charge on any atom is 0.0724 e. The van der Waals surface area contributed by atoms with Gasteiger partial charge < -0.3 is 10.1 Å². The Kier molecular flexibility index (Phi) is 5.26. The molecule has 2 fully saturated rings. The van der Waals surface area contributed by atoms with E-state index in [1.807, 2.05) is 7.11 Å². The van der Waals surface area contributed by atoms with Gasteiger partial charge in [0.15, 0.2) is 0 Å². The summed E-state index contributed by atoms with van der Waals surface area (Å²) in [5.41, 5.74) is 0. The molecule has 3 nitrogen and oxygen atoms in total. The Morgan fingerprint density at radius 3 is 2.71 bits per heavy atom. The van der Waals surface area contributed by atoms with Gasteiger partial charge in [0.2, 0.25) is 0 Å². The predicted octanol–water partition coefficient (Wildman–Crippen LogP) is 1.88. The summed E-state index contributed by atoms with van der Waals surface area (Å²) >= 11 is 0. The Bertz CT molecular complexity index is 216. The number of hydrogen-bond acceptors (Lipinski definition) is 3. The second-order valence-corrected chi connectivity index (χ2v) is 5.78. The lowest BCUT2D eigenvalue weighted by Crippen LogP contribution is -2.46. The zero-order valence-electron chi connectivity index (χ0n) is 11.5. The van der Waals surface area contributed by atoms with Crippen LogP contribution < -0.4 is 5.32 Å². The molecule has 0 aromatic heterocycles. The van der Waals surface area contributed by atoms with Gasteiger partial charge in [-0.1, -0.05) is 19.8 Å². The third kappa shape index (κ3) is 3.94. The van der Waals surface area contributed by atoms with E-state index in [4.69, 9.17) is 4.74 Å². The molecule has 1 N–H and O–H groups in total. The van der Waals surface area contributed by atoms with E-state index in [2.05, 4.69) is 17.1 Å². The van der Waals surface area contributed by atoms with Crippen molar-refractivity contribution in [2.24, 2.45) is 5.92 Å². The third-order valence-corrected chi connectivity index (χ3v) is 4.49. The molecule has 0 aromatic carbocycles. The van der Waals surface area contributed by atoms with Gasteiger partial charge in [-0.15, -0.1) is 0 Å². The first-order valence-corrected chi connectivity index (χ1v) is 7.28. The molecule has 0 bridgehead atoms. The molecule has 0 aromatic rings. The summed E-state index contributed by atoms with van der Waals surface area (Å²) in [6.45, 7) is 7.00. The molecule has 1 aliphatic carbocycles. The van der Waals surface area contributed by atoms with E-state index in [1.165, 1.54) is 45.2 Å². The van der Waals surface area contributed by atoms with Crippen molar-refractivity contribution in [2.45, 2.75) is 51.2 Å². The lowest BCUT2D eigenvalue weighted by atomic mass is 9.96. The van der Waals surface area contributed by atoms with E-state index >= 15 is 0 Å². The monoisotopic (exact) mass is 240 g/mol. The lowest BCUT2D eigenvalue weighted by Gasteiger charge is -2.36. The van der Waals surface area contributed by atoms with E-state index in [1.54, 1.807) is 0 Å². The fourth-order valence-corrected chi connectivity index (χ4v) is 3.16. The summed E-state index contributed by atoms with van der Waals surface area (Å²) in [5, 5.41) is 3.69. The SMILES string of the molecule is COC1CN(CCNC2CCCC2)CCC1C. The van der Waals surface area contributed by atoms with E-state index < -0.39 is 0 Å². The number of piperidine rings is 1.